The van der Waals surface area contributed by atoms with Crippen LogP contribution in [0.15, 0.2) is 15.4 Å². The lowest BCUT2D eigenvalue weighted by Crippen LogP contribution is -2.30. The van der Waals surface area contributed by atoms with E-state index < -0.39 is 10.0 Å². The highest BCUT2D eigenvalue weighted by Gasteiger charge is 2.38. The van der Waals surface area contributed by atoms with E-state index in [4.69, 9.17) is 4.42 Å². The van der Waals surface area contributed by atoms with Crippen LogP contribution in [-0.2, 0) is 16.6 Å². The molecule has 1 N–H and O–H groups in total. The summed E-state index contributed by atoms with van der Waals surface area (Å²) >= 11 is 0. The molecule has 0 unspecified atom stereocenters. The van der Waals surface area contributed by atoms with E-state index in [0.717, 1.165) is 6.42 Å². The highest BCUT2D eigenvalue weighted by atomic mass is 32.2. The second kappa shape index (κ2) is 5.11. The maximum atomic E-state index is 12.8. The zero-order valence-electron chi connectivity index (χ0n) is 13.0. The molecule has 1 aliphatic carbocycles. The summed E-state index contributed by atoms with van der Waals surface area (Å²) in [5.41, 5.74) is 0.0566. The van der Waals surface area contributed by atoms with Crippen LogP contribution in [-0.4, -0.2) is 31.9 Å². The molecule has 0 radical (unpaired) electrons. The van der Waals surface area contributed by atoms with Gasteiger partial charge in [0.15, 0.2) is 0 Å². The number of sulfonamides is 1. The maximum Gasteiger partial charge on any atom is 0.246 e. The number of nitrogens with one attached hydrogen (secondary N) is 1. The molecule has 3 rings (SSSR count). The third kappa shape index (κ3) is 3.17. The molecule has 1 saturated carbocycles. The van der Waals surface area contributed by atoms with Crippen LogP contribution in [0.1, 0.15) is 44.6 Å². The van der Waals surface area contributed by atoms with E-state index >= 15 is 0 Å². The lowest BCUT2D eigenvalue weighted by molar-refractivity contribution is 0.375. The first-order valence-corrected chi connectivity index (χ1v) is 9.05. The second-order valence-electron chi connectivity index (χ2n) is 7.04. The average molecular weight is 312 g/mol. The number of furan rings is 1. The Kier molecular flexibility index (Phi) is 3.66. The molecular formula is C15H24N2O3S. The van der Waals surface area contributed by atoms with Gasteiger partial charge in [-0.05, 0) is 31.6 Å². The SMILES string of the molecule is Cc1oc(CNC2CC2)cc1S(=O)(=O)N1CCC(C)(C)C1. The van der Waals surface area contributed by atoms with Crippen molar-refractivity contribution >= 4 is 10.0 Å². The molecule has 1 aromatic rings. The number of hydrogen-bond acceptors (Lipinski definition) is 4. The Bertz CT molecular complexity index is 629. The molecule has 5 nitrogen and oxygen atoms in total. The van der Waals surface area contributed by atoms with Gasteiger partial charge in [0.25, 0.3) is 0 Å². The van der Waals surface area contributed by atoms with E-state index in [1.807, 2.05) is 0 Å². The number of rotatable bonds is 5. The van der Waals surface area contributed by atoms with Gasteiger partial charge in [-0.3, -0.25) is 0 Å². The molecule has 0 amide bonds. The van der Waals surface area contributed by atoms with Crippen molar-refractivity contribution in [3.63, 3.8) is 0 Å². The first-order chi connectivity index (χ1) is 9.78. The van der Waals surface area contributed by atoms with Gasteiger partial charge in [-0.15, -0.1) is 0 Å². The normalized spacial score (nSPS) is 22.8. The van der Waals surface area contributed by atoms with Crippen molar-refractivity contribution in [2.45, 2.75) is 57.5 Å². The predicted octanol–water partition coefficient (Wildman–Crippen LogP) is 2.26. The molecule has 0 bridgehead atoms. The van der Waals surface area contributed by atoms with Gasteiger partial charge in [0.2, 0.25) is 10.0 Å². The van der Waals surface area contributed by atoms with Crippen molar-refractivity contribution in [1.29, 1.82) is 0 Å². The minimum Gasteiger partial charge on any atom is -0.464 e. The highest BCUT2D eigenvalue weighted by molar-refractivity contribution is 7.89. The van der Waals surface area contributed by atoms with Crippen molar-refractivity contribution in [1.82, 2.24) is 9.62 Å². The first kappa shape index (κ1) is 15.1. The summed E-state index contributed by atoms with van der Waals surface area (Å²) in [4.78, 5) is 0.327. The van der Waals surface area contributed by atoms with E-state index in [-0.39, 0.29) is 5.41 Å². The molecule has 0 spiro atoms. The van der Waals surface area contributed by atoms with Gasteiger partial charge in [-0.1, -0.05) is 13.8 Å². The zero-order valence-corrected chi connectivity index (χ0v) is 13.8. The molecule has 118 valence electrons. The highest BCUT2D eigenvalue weighted by Crippen LogP contribution is 2.34. The molecule has 1 aromatic heterocycles. The largest absolute Gasteiger partial charge is 0.464 e. The Morgan fingerprint density at radius 2 is 2.14 bits per heavy atom. The van der Waals surface area contributed by atoms with Gasteiger partial charge in [0.1, 0.15) is 16.4 Å². The van der Waals surface area contributed by atoms with Crippen LogP contribution in [0.25, 0.3) is 0 Å². The van der Waals surface area contributed by atoms with Crippen LogP contribution in [0.4, 0.5) is 0 Å². The molecule has 0 aromatic carbocycles. The topological polar surface area (TPSA) is 62.6 Å². The number of nitrogens with zero attached hydrogens (tertiary/aromatic N) is 1. The van der Waals surface area contributed by atoms with Crippen molar-refractivity contribution in [3.8, 4) is 0 Å². The molecule has 21 heavy (non-hydrogen) atoms. The van der Waals surface area contributed by atoms with Crippen molar-refractivity contribution < 1.29 is 12.8 Å². The fraction of sp³-hybridized carbons (Fsp3) is 0.733. The van der Waals surface area contributed by atoms with Crippen LogP contribution in [0.5, 0.6) is 0 Å². The van der Waals surface area contributed by atoms with Crippen LogP contribution >= 0.6 is 0 Å². The summed E-state index contributed by atoms with van der Waals surface area (Å²) in [6.07, 6.45) is 3.31. The van der Waals surface area contributed by atoms with E-state index in [0.29, 0.717) is 42.1 Å². The Morgan fingerprint density at radius 1 is 1.43 bits per heavy atom. The van der Waals surface area contributed by atoms with Crippen LogP contribution < -0.4 is 5.32 Å². The van der Waals surface area contributed by atoms with E-state index in [2.05, 4.69) is 19.2 Å². The van der Waals surface area contributed by atoms with Gasteiger partial charge in [-0.25, -0.2) is 8.42 Å². The van der Waals surface area contributed by atoms with E-state index in [1.165, 1.54) is 12.8 Å². The Labute approximate surface area is 126 Å². The van der Waals surface area contributed by atoms with Crippen LogP contribution in [0, 0.1) is 12.3 Å². The van der Waals surface area contributed by atoms with Crippen LogP contribution in [0.2, 0.25) is 0 Å². The quantitative estimate of drug-likeness (QED) is 0.906. The summed E-state index contributed by atoms with van der Waals surface area (Å²) in [5.74, 6) is 1.20. The van der Waals surface area contributed by atoms with Gasteiger partial charge in [0.05, 0.1) is 6.54 Å². The van der Waals surface area contributed by atoms with Gasteiger partial charge in [0, 0.05) is 25.2 Å². The summed E-state index contributed by atoms with van der Waals surface area (Å²) in [6, 6.07) is 2.26. The van der Waals surface area contributed by atoms with Gasteiger partial charge in [-0.2, -0.15) is 4.31 Å². The Balaban J connectivity index is 1.78. The summed E-state index contributed by atoms with van der Waals surface area (Å²) in [7, 11) is -3.43. The molecule has 1 aliphatic heterocycles. The molecule has 2 aliphatic rings. The lowest BCUT2D eigenvalue weighted by Gasteiger charge is -2.19. The monoisotopic (exact) mass is 312 g/mol. The molecule has 6 heteroatoms. The minimum absolute atomic E-state index is 0.0566. The third-order valence-corrected chi connectivity index (χ3v) is 6.28. The summed E-state index contributed by atoms with van der Waals surface area (Å²) < 4.78 is 32.7. The maximum absolute atomic E-state index is 12.8. The molecular weight excluding hydrogens is 288 g/mol. The Hall–Kier alpha value is -0.850. The van der Waals surface area contributed by atoms with E-state index in [1.54, 1.807) is 17.3 Å². The summed E-state index contributed by atoms with van der Waals surface area (Å²) in [5, 5.41) is 3.35. The molecule has 0 atom stereocenters. The number of aryl methyl sites for hydroxylation is 1. The standard InChI is InChI=1S/C15H24N2O3S/c1-11-14(8-13(20-11)9-16-12-4-5-12)21(18,19)17-7-6-15(2,3)10-17/h8,12,16H,4-7,9-10H2,1-3H3. The lowest BCUT2D eigenvalue weighted by atomic mass is 9.93. The third-order valence-electron chi connectivity index (χ3n) is 4.33. The smallest absolute Gasteiger partial charge is 0.246 e. The van der Waals surface area contributed by atoms with Gasteiger partial charge >= 0.3 is 0 Å². The van der Waals surface area contributed by atoms with Crippen molar-refractivity contribution in [3.05, 3.63) is 17.6 Å². The average Bonchev–Trinajstić information content (AvgIpc) is 3.03. The van der Waals surface area contributed by atoms with E-state index in [9.17, 15) is 8.42 Å². The van der Waals surface area contributed by atoms with Crippen molar-refractivity contribution in [2.24, 2.45) is 5.41 Å². The summed E-state index contributed by atoms with van der Waals surface area (Å²) in [6.45, 7) is 7.72. The molecule has 1 saturated heterocycles. The zero-order chi connectivity index (χ0) is 15.3. The molecule has 2 heterocycles. The fourth-order valence-electron chi connectivity index (χ4n) is 2.81. The Morgan fingerprint density at radius 3 is 2.71 bits per heavy atom. The van der Waals surface area contributed by atoms with Crippen LogP contribution in [0.3, 0.4) is 0 Å². The predicted molar refractivity (Wildman–Crippen MR) is 80.5 cm³/mol. The van der Waals surface area contributed by atoms with Crippen molar-refractivity contribution in [2.75, 3.05) is 13.1 Å². The minimum atomic E-state index is -3.43. The number of hydrogen-bond donors (Lipinski definition) is 1. The second-order valence-corrected chi connectivity index (χ2v) is 8.95. The molecule has 2 fully saturated rings. The van der Waals surface area contributed by atoms with Gasteiger partial charge < -0.3 is 9.73 Å². The fourth-order valence-corrected chi connectivity index (χ4v) is 4.62. The first-order valence-electron chi connectivity index (χ1n) is 7.61.